The summed E-state index contributed by atoms with van der Waals surface area (Å²) in [4.78, 5) is 4.68. The molecule has 142 valence electrons. The van der Waals surface area contributed by atoms with Crippen molar-refractivity contribution in [1.82, 2.24) is 9.38 Å². The number of sulfonamides is 1. The van der Waals surface area contributed by atoms with Gasteiger partial charge in [0.25, 0.3) is 0 Å². The zero-order valence-electron chi connectivity index (χ0n) is 15.8. The van der Waals surface area contributed by atoms with Gasteiger partial charge in [-0.25, -0.2) is 13.4 Å². The molecule has 2 heterocycles. The van der Waals surface area contributed by atoms with Crippen LogP contribution in [0.2, 0.25) is 0 Å². The number of rotatable bonds is 5. The highest BCUT2D eigenvalue weighted by atomic mass is 32.2. The van der Waals surface area contributed by atoms with E-state index < -0.39 is 10.0 Å². The molecule has 2 aromatic carbocycles. The van der Waals surface area contributed by atoms with Crippen LogP contribution in [0, 0.1) is 13.8 Å². The average molecular weight is 391 g/mol. The summed E-state index contributed by atoms with van der Waals surface area (Å²) in [5.74, 6) is -0.0534. The number of pyridine rings is 1. The number of benzene rings is 2. The fourth-order valence-corrected chi connectivity index (χ4v) is 4.42. The zero-order chi connectivity index (χ0) is 19.7. The first-order chi connectivity index (χ1) is 13.4. The minimum atomic E-state index is -3.48. The summed E-state index contributed by atoms with van der Waals surface area (Å²) in [5.41, 5.74) is 6.16. The Morgan fingerprint density at radius 3 is 2.50 bits per heavy atom. The molecule has 0 amide bonds. The number of aryl methyl sites for hydroxylation is 2. The Balaban J connectivity index is 1.53. The van der Waals surface area contributed by atoms with E-state index in [2.05, 4.69) is 9.71 Å². The molecule has 0 radical (unpaired) electrons. The van der Waals surface area contributed by atoms with Gasteiger partial charge in [0.2, 0.25) is 10.0 Å². The van der Waals surface area contributed by atoms with Crippen LogP contribution in [0.1, 0.15) is 16.7 Å². The normalized spacial score (nSPS) is 11.6. The summed E-state index contributed by atoms with van der Waals surface area (Å²) in [6.07, 6.45) is 3.94. The Bertz CT molecular complexity index is 1240. The van der Waals surface area contributed by atoms with Gasteiger partial charge in [-0.05, 0) is 43.2 Å². The highest BCUT2D eigenvalue weighted by molar-refractivity contribution is 7.91. The Hall–Kier alpha value is -3.12. The Labute approximate surface area is 164 Å². The van der Waals surface area contributed by atoms with Crippen LogP contribution in [0.5, 0.6) is 0 Å². The van der Waals surface area contributed by atoms with E-state index in [0.29, 0.717) is 5.69 Å². The highest BCUT2D eigenvalue weighted by Crippen LogP contribution is 2.23. The first-order valence-electron chi connectivity index (χ1n) is 9.00. The number of nitrogens with one attached hydrogen (secondary N) is 1. The Morgan fingerprint density at radius 2 is 1.79 bits per heavy atom. The SMILES string of the molecule is Cc1cccc(CS(=O)(=O)Nc2ccc(-c3cn4cccc(C)c4n3)cc2)c1. The number of imidazole rings is 1. The summed E-state index contributed by atoms with van der Waals surface area (Å²) in [6, 6.07) is 18.8. The van der Waals surface area contributed by atoms with Crippen LogP contribution in [-0.2, 0) is 15.8 Å². The Kier molecular flexibility index (Phi) is 4.65. The van der Waals surface area contributed by atoms with Crippen LogP contribution in [0.4, 0.5) is 5.69 Å². The van der Waals surface area contributed by atoms with Crippen LogP contribution in [0.25, 0.3) is 16.9 Å². The van der Waals surface area contributed by atoms with Gasteiger partial charge in [0.15, 0.2) is 0 Å². The third-order valence-corrected chi connectivity index (χ3v) is 5.83. The number of fused-ring (bicyclic) bond motifs is 1. The summed E-state index contributed by atoms with van der Waals surface area (Å²) in [7, 11) is -3.48. The third-order valence-electron chi connectivity index (χ3n) is 4.57. The third kappa shape index (κ3) is 3.92. The number of anilines is 1. The maximum Gasteiger partial charge on any atom is 0.236 e. The largest absolute Gasteiger partial charge is 0.306 e. The van der Waals surface area contributed by atoms with Gasteiger partial charge in [0.05, 0.1) is 11.4 Å². The van der Waals surface area contributed by atoms with Crippen molar-refractivity contribution in [3.05, 3.63) is 89.7 Å². The van der Waals surface area contributed by atoms with Gasteiger partial charge < -0.3 is 4.40 Å². The first kappa shape index (κ1) is 18.3. The molecular formula is C22H21N3O2S. The number of aromatic nitrogens is 2. The van der Waals surface area contributed by atoms with E-state index >= 15 is 0 Å². The van der Waals surface area contributed by atoms with Crippen molar-refractivity contribution < 1.29 is 8.42 Å². The molecule has 5 nitrogen and oxygen atoms in total. The van der Waals surface area contributed by atoms with Crippen LogP contribution in [-0.4, -0.2) is 17.8 Å². The van der Waals surface area contributed by atoms with E-state index in [1.807, 2.05) is 79.2 Å². The summed E-state index contributed by atoms with van der Waals surface area (Å²) >= 11 is 0. The monoisotopic (exact) mass is 391 g/mol. The second-order valence-corrected chi connectivity index (χ2v) is 8.70. The molecule has 2 aromatic heterocycles. The molecule has 0 saturated carbocycles. The summed E-state index contributed by atoms with van der Waals surface area (Å²) < 4.78 is 29.6. The van der Waals surface area contributed by atoms with Gasteiger partial charge in [-0.2, -0.15) is 0 Å². The van der Waals surface area contributed by atoms with E-state index in [-0.39, 0.29) is 5.75 Å². The molecular weight excluding hydrogens is 370 g/mol. The topological polar surface area (TPSA) is 63.5 Å². The van der Waals surface area contributed by atoms with Crippen LogP contribution in [0.15, 0.2) is 73.1 Å². The second kappa shape index (κ2) is 7.13. The molecule has 28 heavy (non-hydrogen) atoms. The first-order valence-corrected chi connectivity index (χ1v) is 10.7. The van der Waals surface area contributed by atoms with E-state index in [1.54, 1.807) is 12.1 Å². The number of hydrogen-bond donors (Lipinski definition) is 1. The van der Waals surface area contributed by atoms with E-state index in [1.165, 1.54) is 0 Å². The number of hydrogen-bond acceptors (Lipinski definition) is 3. The predicted molar refractivity (Wildman–Crippen MR) is 113 cm³/mol. The van der Waals surface area contributed by atoms with E-state index in [0.717, 1.165) is 33.6 Å². The molecule has 0 atom stereocenters. The smallest absolute Gasteiger partial charge is 0.236 e. The highest BCUT2D eigenvalue weighted by Gasteiger charge is 2.12. The molecule has 0 saturated heterocycles. The lowest BCUT2D eigenvalue weighted by atomic mass is 10.1. The lowest BCUT2D eigenvalue weighted by molar-refractivity contribution is 0.600. The van der Waals surface area contributed by atoms with E-state index in [4.69, 9.17) is 0 Å². The molecule has 4 aromatic rings. The van der Waals surface area contributed by atoms with Crippen LogP contribution < -0.4 is 4.72 Å². The molecule has 4 rings (SSSR count). The van der Waals surface area contributed by atoms with Gasteiger partial charge in [-0.3, -0.25) is 4.72 Å². The molecule has 0 aliphatic heterocycles. The maximum absolute atomic E-state index is 12.5. The minimum absolute atomic E-state index is 0.0534. The maximum atomic E-state index is 12.5. The quantitative estimate of drug-likeness (QED) is 0.542. The second-order valence-electron chi connectivity index (χ2n) is 6.98. The average Bonchev–Trinajstić information content (AvgIpc) is 3.07. The fraction of sp³-hybridized carbons (Fsp3) is 0.136. The minimum Gasteiger partial charge on any atom is -0.306 e. The zero-order valence-corrected chi connectivity index (χ0v) is 16.6. The molecule has 0 unspecified atom stereocenters. The van der Waals surface area contributed by atoms with Gasteiger partial charge >= 0.3 is 0 Å². The van der Waals surface area contributed by atoms with Crippen molar-refractivity contribution in [2.45, 2.75) is 19.6 Å². The van der Waals surface area contributed by atoms with Crippen molar-refractivity contribution in [3.8, 4) is 11.3 Å². The molecule has 0 fully saturated rings. The molecule has 1 N–H and O–H groups in total. The summed E-state index contributed by atoms with van der Waals surface area (Å²) in [6.45, 7) is 3.97. The van der Waals surface area contributed by atoms with Crippen molar-refractivity contribution in [3.63, 3.8) is 0 Å². The van der Waals surface area contributed by atoms with Gasteiger partial charge in [-0.1, -0.05) is 48.0 Å². The number of nitrogens with zero attached hydrogens (tertiary/aromatic N) is 2. The van der Waals surface area contributed by atoms with Gasteiger partial charge in [-0.15, -0.1) is 0 Å². The van der Waals surface area contributed by atoms with Crippen molar-refractivity contribution in [1.29, 1.82) is 0 Å². The Morgan fingerprint density at radius 1 is 1.00 bits per heavy atom. The van der Waals surface area contributed by atoms with Gasteiger partial charge in [0, 0.05) is 23.6 Å². The van der Waals surface area contributed by atoms with Crippen molar-refractivity contribution >= 4 is 21.4 Å². The fourth-order valence-electron chi connectivity index (χ4n) is 3.24. The molecule has 0 spiro atoms. The molecule has 6 heteroatoms. The molecule has 0 aliphatic carbocycles. The van der Waals surface area contributed by atoms with Crippen LogP contribution >= 0.6 is 0 Å². The molecule has 0 aliphatic rings. The standard InChI is InChI=1S/C22H21N3O2S/c1-16-5-3-7-18(13-16)15-28(26,27)24-20-10-8-19(9-11-20)21-14-25-12-4-6-17(2)22(25)23-21/h3-14,24H,15H2,1-2H3. The van der Waals surface area contributed by atoms with Crippen molar-refractivity contribution in [2.24, 2.45) is 0 Å². The van der Waals surface area contributed by atoms with E-state index in [9.17, 15) is 8.42 Å². The summed E-state index contributed by atoms with van der Waals surface area (Å²) in [5, 5.41) is 0. The lowest BCUT2D eigenvalue weighted by Gasteiger charge is -2.09. The lowest BCUT2D eigenvalue weighted by Crippen LogP contribution is -2.15. The van der Waals surface area contributed by atoms with Crippen LogP contribution in [0.3, 0.4) is 0 Å². The molecule has 0 bridgehead atoms. The van der Waals surface area contributed by atoms with Crippen molar-refractivity contribution in [2.75, 3.05) is 4.72 Å². The predicted octanol–water partition coefficient (Wildman–Crippen LogP) is 4.56. The van der Waals surface area contributed by atoms with Gasteiger partial charge in [0.1, 0.15) is 5.65 Å².